The third-order valence-corrected chi connectivity index (χ3v) is 6.62. The van der Waals surface area contributed by atoms with E-state index < -0.39 is 30.1 Å². The average Bonchev–Trinajstić information content (AvgIpc) is 3.35. The molecule has 174 valence electrons. The van der Waals surface area contributed by atoms with Gasteiger partial charge in [-0.2, -0.15) is 0 Å². The summed E-state index contributed by atoms with van der Waals surface area (Å²) in [5.41, 5.74) is 4.46. The van der Waals surface area contributed by atoms with Gasteiger partial charge in [0.1, 0.15) is 12.6 Å². The zero-order chi connectivity index (χ0) is 23.5. The molecule has 2 aliphatic rings. The summed E-state index contributed by atoms with van der Waals surface area (Å²) in [4.78, 5) is 38.5. The zero-order valence-corrected chi connectivity index (χ0v) is 18.7. The lowest BCUT2D eigenvalue weighted by Crippen LogP contribution is -2.52. The Kier molecular flexibility index (Phi) is 6.65. The summed E-state index contributed by atoms with van der Waals surface area (Å²) in [5.74, 6) is -2.01. The Morgan fingerprint density at radius 2 is 1.70 bits per heavy atom. The number of alkyl carbamates (subject to hydrolysis) is 1. The van der Waals surface area contributed by atoms with Crippen LogP contribution in [0.15, 0.2) is 48.5 Å². The van der Waals surface area contributed by atoms with Crippen LogP contribution in [0.2, 0.25) is 0 Å². The maximum Gasteiger partial charge on any atom is 0.407 e. The first-order chi connectivity index (χ1) is 15.9. The van der Waals surface area contributed by atoms with Crippen LogP contribution >= 0.6 is 0 Å². The molecule has 33 heavy (non-hydrogen) atoms. The minimum Gasteiger partial charge on any atom is -0.481 e. The van der Waals surface area contributed by atoms with Gasteiger partial charge in [-0.1, -0.05) is 48.5 Å². The van der Waals surface area contributed by atoms with Crippen molar-refractivity contribution >= 4 is 18.0 Å². The van der Waals surface area contributed by atoms with Crippen LogP contribution in [0.25, 0.3) is 11.1 Å². The number of hydrogen-bond acceptors (Lipinski definition) is 5. The molecule has 1 fully saturated rings. The number of likely N-dealkylation sites (tertiary alicyclic amines) is 1. The topological polar surface area (TPSA) is 105 Å². The van der Waals surface area contributed by atoms with Gasteiger partial charge in [-0.25, -0.2) is 4.79 Å². The fourth-order valence-corrected chi connectivity index (χ4v) is 4.90. The standard InChI is InChI=1S/C25H28N2O6/c1-15-16(24(29)30)11-12-27(15)23(28)22(14-32-2)26-25(31)33-13-21-19-9-5-3-7-17(19)18-8-4-6-10-20(18)21/h3-10,15-16,21-22H,11-14H2,1-2H3,(H,26,31)(H,29,30)/t15?,16?,22-/m0/s1. The number of nitrogens with one attached hydrogen (secondary N) is 1. The van der Waals surface area contributed by atoms with Crippen LogP contribution in [0.3, 0.4) is 0 Å². The lowest BCUT2D eigenvalue weighted by atomic mass is 9.98. The van der Waals surface area contributed by atoms with Crippen LogP contribution in [-0.4, -0.2) is 66.9 Å². The number of carbonyl (C=O) groups is 3. The van der Waals surface area contributed by atoms with Gasteiger partial charge in [0.25, 0.3) is 0 Å². The van der Waals surface area contributed by atoms with Crippen molar-refractivity contribution in [2.24, 2.45) is 5.92 Å². The first-order valence-electron chi connectivity index (χ1n) is 11.1. The predicted octanol–water partition coefficient (Wildman–Crippen LogP) is 2.86. The molecule has 3 atom stereocenters. The molecule has 2 N–H and O–H groups in total. The number of aliphatic carboxylic acids is 1. The van der Waals surface area contributed by atoms with Crippen LogP contribution < -0.4 is 5.32 Å². The maximum absolute atomic E-state index is 13.0. The molecule has 1 aliphatic carbocycles. The summed E-state index contributed by atoms with van der Waals surface area (Å²) in [7, 11) is 1.44. The number of carbonyl (C=O) groups excluding carboxylic acids is 2. The molecule has 8 nitrogen and oxygen atoms in total. The van der Waals surface area contributed by atoms with E-state index in [2.05, 4.69) is 17.4 Å². The summed E-state index contributed by atoms with van der Waals surface area (Å²) in [5, 5.41) is 11.9. The van der Waals surface area contributed by atoms with E-state index in [0.29, 0.717) is 13.0 Å². The minimum absolute atomic E-state index is 0.0377. The van der Waals surface area contributed by atoms with Crippen LogP contribution in [0.4, 0.5) is 4.79 Å². The number of methoxy groups -OCH3 is 1. The molecule has 2 amide bonds. The van der Waals surface area contributed by atoms with Crippen molar-refractivity contribution in [2.45, 2.75) is 31.3 Å². The number of fused-ring (bicyclic) bond motifs is 3. The largest absolute Gasteiger partial charge is 0.481 e. The van der Waals surface area contributed by atoms with Gasteiger partial charge in [0.2, 0.25) is 5.91 Å². The fraction of sp³-hybridized carbons (Fsp3) is 0.400. The molecule has 0 spiro atoms. The van der Waals surface area contributed by atoms with Crippen molar-refractivity contribution in [3.05, 3.63) is 59.7 Å². The van der Waals surface area contributed by atoms with Crippen LogP contribution in [0, 0.1) is 5.92 Å². The minimum atomic E-state index is -0.958. The third kappa shape index (κ3) is 4.43. The Morgan fingerprint density at radius 3 is 2.24 bits per heavy atom. The van der Waals surface area contributed by atoms with E-state index >= 15 is 0 Å². The Morgan fingerprint density at radius 1 is 1.09 bits per heavy atom. The molecule has 2 aromatic rings. The lowest BCUT2D eigenvalue weighted by Gasteiger charge is -2.28. The van der Waals surface area contributed by atoms with Gasteiger partial charge in [-0.3, -0.25) is 9.59 Å². The number of hydrogen-bond donors (Lipinski definition) is 2. The second kappa shape index (κ2) is 9.62. The molecule has 2 unspecified atom stereocenters. The summed E-state index contributed by atoms with van der Waals surface area (Å²) >= 11 is 0. The molecule has 0 saturated carbocycles. The quantitative estimate of drug-likeness (QED) is 0.669. The van der Waals surface area contributed by atoms with E-state index in [1.807, 2.05) is 36.4 Å². The Labute approximate surface area is 192 Å². The number of benzene rings is 2. The number of amides is 2. The van der Waals surface area contributed by atoms with Crippen molar-refractivity contribution in [1.29, 1.82) is 0 Å². The van der Waals surface area contributed by atoms with Crippen molar-refractivity contribution < 1.29 is 29.0 Å². The second-order valence-electron chi connectivity index (χ2n) is 8.48. The Bertz CT molecular complexity index is 1010. The van der Waals surface area contributed by atoms with E-state index in [4.69, 9.17) is 9.47 Å². The normalized spacial score (nSPS) is 20.1. The molecule has 0 aromatic heterocycles. The SMILES string of the molecule is COC[C@H](NC(=O)OCC1c2ccccc2-c2ccccc21)C(=O)N1CCC(C(=O)O)C1C. The van der Waals surface area contributed by atoms with Crippen molar-refractivity contribution in [1.82, 2.24) is 10.2 Å². The molecule has 1 aliphatic heterocycles. The van der Waals surface area contributed by atoms with E-state index in [1.54, 1.807) is 6.92 Å². The third-order valence-electron chi connectivity index (χ3n) is 6.62. The fourth-order valence-electron chi connectivity index (χ4n) is 4.90. The van der Waals surface area contributed by atoms with Gasteiger partial charge in [0.05, 0.1) is 12.5 Å². The first kappa shape index (κ1) is 22.8. The molecule has 0 radical (unpaired) electrons. The van der Waals surface area contributed by atoms with Gasteiger partial charge >= 0.3 is 12.1 Å². The van der Waals surface area contributed by atoms with Crippen LogP contribution in [0.1, 0.15) is 30.4 Å². The maximum atomic E-state index is 13.0. The Hall–Kier alpha value is -3.39. The van der Waals surface area contributed by atoms with Gasteiger partial charge in [-0.15, -0.1) is 0 Å². The highest BCUT2D eigenvalue weighted by Gasteiger charge is 2.40. The van der Waals surface area contributed by atoms with Gasteiger partial charge in [0, 0.05) is 25.6 Å². The highest BCUT2D eigenvalue weighted by molar-refractivity contribution is 5.87. The zero-order valence-electron chi connectivity index (χ0n) is 18.7. The number of rotatable bonds is 7. The molecule has 8 heteroatoms. The molecule has 1 saturated heterocycles. The number of nitrogens with zero attached hydrogens (tertiary/aromatic N) is 1. The van der Waals surface area contributed by atoms with Crippen molar-refractivity contribution in [3.63, 3.8) is 0 Å². The van der Waals surface area contributed by atoms with Gasteiger partial charge in [0.15, 0.2) is 0 Å². The van der Waals surface area contributed by atoms with E-state index in [1.165, 1.54) is 12.0 Å². The molecule has 2 aromatic carbocycles. The van der Waals surface area contributed by atoms with Crippen molar-refractivity contribution in [3.8, 4) is 11.1 Å². The molecule has 0 bridgehead atoms. The number of carboxylic acids is 1. The lowest BCUT2D eigenvalue weighted by molar-refractivity contribution is -0.143. The highest BCUT2D eigenvalue weighted by Crippen LogP contribution is 2.44. The highest BCUT2D eigenvalue weighted by atomic mass is 16.5. The van der Waals surface area contributed by atoms with Crippen LogP contribution in [0.5, 0.6) is 0 Å². The Balaban J connectivity index is 1.41. The summed E-state index contributed by atoms with van der Waals surface area (Å²) < 4.78 is 10.7. The summed E-state index contributed by atoms with van der Waals surface area (Å²) in [6, 6.07) is 14.7. The monoisotopic (exact) mass is 452 g/mol. The summed E-state index contributed by atoms with van der Waals surface area (Å²) in [6.07, 6.45) is -0.332. The van der Waals surface area contributed by atoms with E-state index in [-0.39, 0.29) is 25.0 Å². The first-order valence-corrected chi connectivity index (χ1v) is 11.1. The van der Waals surface area contributed by atoms with Crippen molar-refractivity contribution in [2.75, 3.05) is 26.9 Å². The van der Waals surface area contributed by atoms with Gasteiger partial charge < -0.3 is 24.8 Å². The van der Waals surface area contributed by atoms with Gasteiger partial charge in [-0.05, 0) is 35.6 Å². The summed E-state index contributed by atoms with van der Waals surface area (Å²) in [6.45, 7) is 2.13. The molecule has 1 heterocycles. The second-order valence-corrected chi connectivity index (χ2v) is 8.48. The predicted molar refractivity (Wildman–Crippen MR) is 121 cm³/mol. The molecular weight excluding hydrogens is 424 g/mol. The van der Waals surface area contributed by atoms with Crippen LogP contribution in [-0.2, 0) is 19.1 Å². The smallest absolute Gasteiger partial charge is 0.407 e. The molecular formula is C25H28N2O6. The van der Waals surface area contributed by atoms with E-state index in [0.717, 1.165) is 22.3 Å². The average molecular weight is 453 g/mol. The van der Waals surface area contributed by atoms with E-state index in [9.17, 15) is 19.5 Å². The number of carboxylic acid groups (broad SMARTS) is 1. The number of ether oxygens (including phenoxy) is 2. The molecule has 4 rings (SSSR count).